The lowest BCUT2D eigenvalue weighted by atomic mass is 10.2. The normalized spacial score (nSPS) is 11.4. The van der Waals surface area contributed by atoms with Crippen molar-refractivity contribution >= 4 is 17.3 Å². The molecule has 2 N–H and O–H groups in total. The molecule has 2 aromatic rings. The number of aryl methyl sites for hydroxylation is 3. The Morgan fingerprint density at radius 1 is 1.22 bits per heavy atom. The van der Waals surface area contributed by atoms with Crippen molar-refractivity contribution in [1.29, 1.82) is 0 Å². The number of hydrogen-bond acceptors (Lipinski definition) is 4. The molecule has 0 spiro atoms. The number of aliphatic imine (C=N–C) groups is 1. The number of rotatable bonds is 6. The Balaban J connectivity index is 1.72. The van der Waals surface area contributed by atoms with E-state index in [1.807, 2.05) is 38.1 Å². The van der Waals surface area contributed by atoms with Gasteiger partial charge in [-0.1, -0.05) is 18.2 Å². The Morgan fingerprint density at radius 2 is 2.00 bits per heavy atom. The molecule has 1 aromatic heterocycles. The highest BCUT2D eigenvalue weighted by molar-refractivity contribution is 7.11. The average molecular weight is 332 g/mol. The molecule has 124 valence electrons. The molecule has 1 heterocycles. The molecule has 5 nitrogen and oxygen atoms in total. The SMILES string of the molecule is CN=C(NCCOc1ccccc1C)NCc1nc(C)c(C)s1. The number of guanidine groups is 1. The Labute approximate surface area is 141 Å². The Morgan fingerprint density at radius 3 is 2.65 bits per heavy atom. The van der Waals surface area contributed by atoms with Gasteiger partial charge in [0.2, 0.25) is 0 Å². The molecule has 0 atom stereocenters. The van der Waals surface area contributed by atoms with Crippen molar-refractivity contribution in [3.8, 4) is 5.75 Å². The largest absolute Gasteiger partial charge is 0.491 e. The van der Waals surface area contributed by atoms with Gasteiger partial charge in [-0.2, -0.15) is 0 Å². The summed E-state index contributed by atoms with van der Waals surface area (Å²) in [5.41, 5.74) is 2.24. The maximum Gasteiger partial charge on any atom is 0.191 e. The van der Waals surface area contributed by atoms with Crippen molar-refractivity contribution in [3.63, 3.8) is 0 Å². The molecule has 0 aliphatic heterocycles. The van der Waals surface area contributed by atoms with E-state index >= 15 is 0 Å². The monoisotopic (exact) mass is 332 g/mol. The van der Waals surface area contributed by atoms with Gasteiger partial charge in [-0.25, -0.2) is 4.98 Å². The van der Waals surface area contributed by atoms with Crippen molar-refractivity contribution in [3.05, 3.63) is 45.4 Å². The number of benzene rings is 1. The number of nitrogens with zero attached hydrogens (tertiary/aromatic N) is 2. The molecule has 0 saturated heterocycles. The van der Waals surface area contributed by atoms with E-state index in [1.54, 1.807) is 18.4 Å². The summed E-state index contributed by atoms with van der Waals surface area (Å²) in [5.74, 6) is 1.68. The molecule has 0 saturated carbocycles. The summed E-state index contributed by atoms with van der Waals surface area (Å²) in [4.78, 5) is 9.98. The smallest absolute Gasteiger partial charge is 0.191 e. The Kier molecular flexibility index (Phi) is 6.40. The first-order valence-corrected chi connectivity index (χ1v) is 8.47. The molecule has 0 bridgehead atoms. The molecule has 0 amide bonds. The maximum absolute atomic E-state index is 5.76. The van der Waals surface area contributed by atoms with E-state index < -0.39 is 0 Å². The third-order valence-electron chi connectivity index (χ3n) is 3.45. The van der Waals surface area contributed by atoms with Crippen LogP contribution < -0.4 is 15.4 Å². The highest BCUT2D eigenvalue weighted by Gasteiger charge is 2.05. The van der Waals surface area contributed by atoms with Gasteiger partial charge in [0.15, 0.2) is 5.96 Å². The zero-order chi connectivity index (χ0) is 16.7. The molecular formula is C17H24N4OS. The zero-order valence-corrected chi connectivity index (χ0v) is 15.0. The second kappa shape index (κ2) is 8.53. The second-order valence-corrected chi connectivity index (χ2v) is 6.50. The minimum atomic E-state index is 0.584. The number of thiazole rings is 1. The lowest BCUT2D eigenvalue weighted by Gasteiger charge is -2.12. The highest BCUT2D eigenvalue weighted by Crippen LogP contribution is 2.16. The van der Waals surface area contributed by atoms with Gasteiger partial charge in [0.05, 0.1) is 18.8 Å². The average Bonchev–Trinajstić information content (AvgIpc) is 2.86. The van der Waals surface area contributed by atoms with Crippen LogP contribution in [-0.4, -0.2) is 31.1 Å². The van der Waals surface area contributed by atoms with Crippen molar-refractivity contribution in [2.24, 2.45) is 4.99 Å². The van der Waals surface area contributed by atoms with Crippen LogP contribution in [0.1, 0.15) is 21.1 Å². The van der Waals surface area contributed by atoms with Crippen LogP contribution in [0.2, 0.25) is 0 Å². The fourth-order valence-electron chi connectivity index (χ4n) is 2.04. The maximum atomic E-state index is 5.76. The van der Waals surface area contributed by atoms with Crippen LogP contribution in [0, 0.1) is 20.8 Å². The van der Waals surface area contributed by atoms with Crippen molar-refractivity contribution < 1.29 is 4.74 Å². The summed E-state index contributed by atoms with van der Waals surface area (Å²) in [5, 5.41) is 7.58. The quantitative estimate of drug-likeness (QED) is 0.485. The van der Waals surface area contributed by atoms with Gasteiger partial charge in [0.1, 0.15) is 17.4 Å². The molecule has 0 radical (unpaired) electrons. The van der Waals surface area contributed by atoms with Crippen molar-refractivity contribution in [1.82, 2.24) is 15.6 Å². The molecule has 1 aromatic carbocycles. The third-order valence-corrected chi connectivity index (χ3v) is 4.52. The van der Waals surface area contributed by atoms with Gasteiger partial charge >= 0.3 is 0 Å². The summed E-state index contributed by atoms with van der Waals surface area (Å²) < 4.78 is 5.76. The van der Waals surface area contributed by atoms with Gasteiger partial charge in [-0.3, -0.25) is 4.99 Å². The summed E-state index contributed by atoms with van der Waals surface area (Å²) in [6, 6.07) is 8.01. The predicted molar refractivity (Wildman–Crippen MR) is 96.5 cm³/mol. The number of nitrogens with one attached hydrogen (secondary N) is 2. The summed E-state index contributed by atoms with van der Waals surface area (Å²) in [6.07, 6.45) is 0. The Hall–Kier alpha value is -2.08. The highest BCUT2D eigenvalue weighted by atomic mass is 32.1. The van der Waals surface area contributed by atoms with E-state index in [9.17, 15) is 0 Å². The van der Waals surface area contributed by atoms with Gasteiger partial charge in [0.25, 0.3) is 0 Å². The van der Waals surface area contributed by atoms with E-state index in [1.165, 1.54) is 4.88 Å². The van der Waals surface area contributed by atoms with E-state index in [4.69, 9.17) is 4.74 Å². The first kappa shape index (κ1) is 17.3. The van der Waals surface area contributed by atoms with Crippen molar-refractivity contribution in [2.75, 3.05) is 20.2 Å². The number of hydrogen-bond donors (Lipinski definition) is 2. The summed E-state index contributed by atoms with van der Waals surface area (Å²) in [6.45, 7) is 8.11. The number of aromatic nitrogens is 1. The number of para-hydroxylation sites is 1. The van der Waals surface area contributed by atoms with E-state index in [0.29, 0.717) is 19.7 Å². The topological polar surface area (TPSA) is 58.5 Å². The zero-order valence-electron chi connectivity index (χ0n) is 14.1. The molecule has 23 heavy (non-hydrogen) atoms. The van der Waals surface area contributed by atoms with Crippen LogP contribution >= 0.6 is 11.3 Å². The molecule has 0 aliphatic rings. The molecule has 0 fully saturated rings. The van der Waals surface area contributed by atoms with Crippen LogP contribution in [-0.2, 0) is 6.54 Å². The third kappa shape index (κ3) is 5.25. The Bertz CT molecular complexity index is 647. The predicted octanol–water partition coefficient (Wildman–Crippen LogP) is 2.81. The summed E-state index contributed by atoms with van der Waals surface area (Å²) >= 11 is 1.71. The first-order chi connectivity index (χ1) is 11.1. The summed E-state index contributed by atoms with van der Waals surface area (Å²) in [7, 11) is 1.76. The first-order valence-electron chi connectivity index (χ1n) is 7.66. The molecule has 0 aliphatic carbocycles. The van der Waals surface area contributed by atoms with Gasteiger partial charge < -0.3 is 15.4 Å². The van der Waals surface area contributed by atoms with Gasteiger partial charge in [0, 0.05) is 11.9 Å². The minimum absolute atomic E-state index is 0.584. The van der Waals surface area contributed by atoms with Crippen LogP contribution in [0.5, 0.6) is 5.75 Å². The van der Waals surface area contributed by atoms with Crippen LogP contribution in [0.25, 0.3) is 0 Å². The van der Waals surface area contributed by atoms with Gasteiger partial charge in [-0.05, 0) is 32.4 Å². The standard InChI is InChI=1S/C17H24N4OS/c1-12-7-5-6-8-15(12)22-10-9-19-17(18-4)20-11-16-21-13(2)14(3)23-16/h5-8H,9-11H2,1-4H3,(H2,18,19,20). The molecule has 2 rings (SSSR count). The molecular weight excluding hydrogens is 308 g/mol. The fourth-order valence-corrected chi connectivity index (χ4v) is 2.92. The molecule has 0 unspecified atom stereocenters. The van der Waals surface area contributed by atoms with Gasteiger partial charge in [-0.15, -0.1) is 11.3 Å². The van der Waals surface area contributed by atoms with E-state index in [2.05, 4.69) is 27.5 Å². The minimum Gasteiger partial charge on any atom is -0.491 e. The lowest BCUT2D eigenvalue weighted by Crippen LogP contribution is -2.38. The fraction of sp³-hybridized carbons (Fsp3) is 0.412. The van der Waals surface area contributed by atoms with Crippen LogP contribution in [0.15, 0.2) is 29.3 Å². The van der Waals surface area contributed by atoms with Crippen molar-refractivity contribution in [2.45, 2.75) is 27.3 Å². The lowest BCUT2D eigenvalue weighted by molar-refractivity contribution is 0.320. The second-order valence-electron chi connectivity index (χ2n) is 5.22. The van der Waals surface area contributed by atoms with E-state index in [-0.39, 0.29) is 0 Å². The van der Waals surface area contributed by atoms with Crippen LogP contribution in [0.4, 0.5) is 0 Å². The van der Waals surface area contributed by atoms with E-state index in [0.717, 1.165) is 28.0 Å². The molecule has 6 heteroatoms. The van der Waals surface area contributed by atoms with Crippen LogP contribution in [0.3, 0.4) is 0 Å². The number of ether oxygens (including phenoxy) is 1.